The molecule has 1 aromatic carbocycles. The first-order chi connectivity index (χ1) is 9.92. The van der Waals surface area contributed by atoms with E-state index in [9.17, 15) is 9.59 Å². The third kappa shape index (κ3) is 2.80. The van der Waals surface area contributed by atoms with E-state index in [-0.39, 0.29) is 17.9 Å². The lowest BCUT2D eigenvalue weighted by Gasteiger charge is -2.46. The van der Waals surface area contributed by atoms with E-state index in [1.54, 1.807) is 18.7 Å². The van der Waals surface area contributed by atoms with E-state index < -0.39 is 11.6 Å². The molecule has 4 nitrogen and oxygen atoms in total. The number of rotatable bonds is 4. The van der Waals surface area contributed by atoms with Crippen molar-refractivity contribution >= 4 is 11.8 Å². The molecule has 0 radical (unpaired) electrons. The number of carbonyl (C=O) groups is 2. The van der Waals surface area contributed by atoms with Crippen molar-refractivity contribution in [3.63, 3.8) is 0 Å². The summed E-state index contributed by atoms with van der Waals surface area (Å²) in [6, 6.07) is 9.49. The zero-order chi connectivity index (χ0) is 15.6. The van der Waals surface area contributed by atoms with Crippen LogP contribution in [0.2, 0.25) is 0 Å². The number of piperazine rings is 1. The number of benzene rings is 1. The molecule has 1 saturated heterocycles. The van der Waals surface area contributed by atoms with Crippen LogP contribution in [-0.4, -0.2) is 28.3 Å². The van der Waals surface area contributed by atoms with Gasteiger partial charge in [0, 0.05) is 0 Å². The number of amides is 2. The number of hydrogen-bond acceptors (Lipinski definition) is 2. The Morgan fingerprint density at radius 3 is 2.33 bits per heavy atom. The van der Waals surface area contributed by atoms with Crippen LogP contribution >= 0.6 is 0 Å². The molecule has 1 fully saturated rings. The van der Waals surface area contributed by atoms with Gasteiger partial charge in [-0.3, -0.25) is 9.59 Å². The fourth-order valence-electron chi connectivity index (χ4n) is 3.04. The molecule has 1 aliphatic rings. The SMILES string of the molecule is CCC1C(=O)NC(C)(C)C(=O)N1C(CC)c1ccccc1. The van der Waals surface area contributed by atoms with Gasteiger partial charge in [0.2, 0.25) is 11.8 Å². The summed E-state index contributed by atoms with van der Waals surface area (Å²) in [5, 5.41) is 2.84. The summed E-state index contributed by atoms with van der Waals surface area (Å²) in [4.78, 5) is 27.0. The van der Waals surface area contributed by atoms with E-state index in [4.69, 9.17) is 0 Å². The van der Waals surface area contributed by atoms with Crippen molar-refractivity contribution < 1.29 is 9.59 Å². The van der Waals surface area contributed by atoms with Gasteiger partial charge in [-0.15, -0.1) is 0 Å². The van der Waals surface area contributed by atoms with Gasteiger partial charge in [-0.05, 0) is 32.3 Å². The van der Waals surface area contributed by atoms with Crippen molar-refractivity contribution in [3.05, 3.63) is 35.9 Å². The predicted octanol–water partition coefficient (Wildman–Crippen LogP) is 2.65. The van der Waals surface area contributed by atoms with Gasteiger partial charge in [0.25, 0.3) is 0 Å². The first-order valence-electron chi connectivity index (χ1n) is 7.62. The molecular weight excluding hydrogens is 264 g/mol. The molecule has 0 saturated carbocycles. The second kappa shape index (κ2) is 5.88. The minimum Gasteiger partial charge on any atom is -0.340 e. The summed E-state index contributed by atoms with van der Waals surface area (Å²) in [5.41, 5.74) is 0.239. The molecule has 2 amide bonds. The van der Waals surface area contributed by atoms with E-state index in [1.807, 2.05) is 37.3 Å². The second-order valence-corrected chi connectivity index (χ2v) is 6.09. The van der Waals surface area contributed by atoms with Crippen molar-refractivity contribution in [1.82, 2.24) is 10.2 Å². The lowest BCUT2D eigenvalue weighted by molar-refractivity contribution is -0.157. The first kappa shape index (κ1) is 15.5. The smallest absolute Gasteiger partial charge is 0.248 e. The molecule has 21 heavy (non-hydrogen) atoms. The second-order valence-electron chi connectivity index (χ2n) is 6.09. The largest absolute Gasteiger partial charge is 0.340 e. The minimum atomic E-state index is -0.842. The molecule has 0 aliphatic carbocycles. The van der Waals surface area contributed by atoms with Crippen LogP contribution in [-0.2, 0) is 9.59 Å². The maximum atomic E-state index is 12.8. The summed E-state index contributed by atoms with van der Waals surface area (Å²) in [6.07, 6.45) is 1.41. The van der Waals surface area contributed by atoms with Crippen LogP contribution in [0.15, 0.2) is 30.3 Å². The lowest BCUT2D eigenvalue weighted by Crippen LogP contribution is -2.68. The van der Waals surface area contributed by atoms with Crippen molar-refractivity contribution in [2.75, 3.05) is 0 Å². The maximum absolute atomic E-state index is 12.8. The van der Waals surface area contributed by atoms with Gasteiger partial charge in [-0.1, -0.05) is 44.2 Å². The third-order valence-corrected chi connectivity index (χ3v) is 4.14. The quantitative estimate of drug-likeness (QED) is 0.926. The molecule has 1 aromatic rings. The normalized spacial score (nSPS) is 22.9. The van der Waals surface area contributed by atoms with E-state index in [0.29, 0.717) is 6.42 Å². The zero-order valence-electron chi connectivity index (χ0n) is 13.2. The van der Waals surface area contributed by atoms with Crippen LogP contribution in [0.5, 0.6) is 0 Å². The minimum absolute atomic E-state index is 0.00958. The van der Waals surface area contributed by atoms with Gasteiger partial charge in [0.15, 0.2) is 0 Å². The standard InChI is InChI=1S/C17H24N2O2/c1-5-13(12-10-8-7-9-11-12)19-14(6-2)15(20)18-17(3,4)16(19)21/h7-11,13-14H,5-6H2,1-4H3,(H,18,20). The Labute approximate surface area is 126 Å². The van der Waals surface area contributed by atoms with Gasteiger partial charge in [0.05, 0.1) is 6.04 Å². The van der Waals surface area contributed by atoms with Gasteiger partial charge in [-0.25, -0.2) is 0 Å². The highest BCUT2D eigenvalue weighted by Gasteiger charge is 2.46. The molecule has 2 atom stereocenters. The van der Waals surface area contributed by atoms with Crippen LogP contribution in [0.3, 0.4) is 0 Å². The van der Waals surface area contributed by atoms with Crippen LogP contribution in [0.1, 0.15) is 52.1 Å². The lowest BCUT2D eigenvalue weighted by atomic mass is 9.91. The molecular formula is C17H24N2O2. The Balaban J connectivity index is 2.44. The highest BCUT2D eigenvalue weighted by molar-refractivity contribution is 5.99. The van der Waals surface area contributed by atoms with E-state index in [1.165, 1.54) is 0 Å². The fourth-order valence-corrected chi connectivity index (χ4v) is 3.04. The van der Waals surface area contributed by atoms with E-state index >= 15 is 0 Å². The Bertz CT molecular complexity index is 525. The van der Waals surface area contributed by atoms with Crippen LogP contribution in [0.25, 0.3) is 0 Å². The Morgan fingerprint density at radius 2 is 1.81 bits per heavy atom. The highest BCUT2D eigenvalue weighted by atomic mass is 16.2. The number of hydrogen-bond donors (Lipinski definition) is 1. The highest BCUT2D eigenvalue weighted by Crippen LogP contribution is 2.32. The average Bonchev–Trinajstić information content (AvgIpc) is 2.46. The zero-order valence-corrected chi connectivity index (χ0v) is 13.2. The molecule has 2 rings (SSSR count). The molecule has 2 unspecified atom stereocenters. The number of nitrogens with one attached hydrogen (secondary N) is 1. The van der Waals surface area contributed by atoms with Crippen LogP contribution in [0.4, 0.5) is 0 Å². The summed E-state index contributed by atoms with van der Waals surface area (Å²) in [7, 11) is 0. The van der Waals surface area contributed by atoms with Gasteiger partial charge >= 0.3 is 0 Å². The summed E-state index contributed by atoms with van der Waals surface area (Å²) in [6.45, 7) is 7.53. The van der Waals surface area contributed by atoms with Crippen molar-refractivity contribution in [2.45, 2.75) is 58.2 Å². The van der Waals surface area contributed by atoms with Crippen LogP contribution in [0, 0.1) is 0 Å². The van der Waals surface area contributed by atoms with Crippen molar-refractivity contribution in [2.24, 2.45) is 0 Å². The van der Waals surface area contributed by atoms with Gasteiger partial charge in [-0.2, -0.15) is 0 Å². The van der Waals surface area contributed by atoms with Crippen LogP contribution < -0.4 is 5.32 Å². The Hall–Kier alpha value is -1.84. The monoisotopic (exact) mass is 288 g/mol. The molecule has 0 bridgehead atoms. The Kier molecular flexibility index (Phi) is 4.35. The summed E-state index contributed by atoms with van der Waals surface area (Å²) < 4.78 is 0. The maximum Gasteiger partial charge on any atom is 0.248 e. The topological polar surface area (TPSA) is 49.4 Å². The predicted molar refractivity (Wildman–Crippen MR) is 82.6 cm³/mol. The third-order valence-electron chi connectivity index (χ3n) is 4.14. The van der Waals surface area contributed by atoms with E-state index in [2.05, 4.69) is 12.2 Å². The fraction of sp³-hybridized carbons (Fsp3) is 0.529. The number of nitrogens with zero attached hydrogens (tertiary/aromatic N) is 1. The molecule has 1 heterocycles. The molecule has 0 aromatic heterocycles. The molecule has 0 spiro atoms. The van der Waals surface area contributed by atoms with Gasteiger partial charge in [0.1, 0.15) is 11.6 Å². The Morgan fingerprint density at radius 1 is 1.19 bits per heavy atom. The molecule has 4 heteroatoms. The van der Waals surface area contributed by atoms with Crippen molar-refractivity contribution in [3.8, 4) is 0 Å². The average molecular weight is 288 g/mol. The molecule has 1 N–H and O–H groups in total. The van der Waals surface area contributed by atoms with Gasteiger partial charge < -0.3 is 10.2 Å². The molecule has 1 aliphatic heterocycles. The summed E-state index contributed by atoms with van der Waals surface area (Å²) >= 11 is 0. The summed E-state index contributed by atoms with van der Waals surface area (Å²) in [5.74, 6) is -0.0684. The van der Waals surface area contributed by atoms with E-state index in [0.717, 1.165) is 12.0 Å². The van der Waals surface area contributed by atoms with Crippen molar-refractivity contribution in [1.29, 1.82) is 0 Å². The number of carbonyl (C=O) groups excluding carboxylic acids is 2. The first-order valence-corrected chi connectivity index (χ1v) is 7.62. The molecule has 114 valence electrons.